The van der Waals surface area contributed by atoms with Crippen molar-refractivity contribution in [2.45, 2.75) is 45.1 Å². The molecule has 6 nitrogen and oxygen atoms in total. The molecule has 1 aliphatic rings. The highest BCUT2D eigenvalue weighted by Gasteiger charge is 2.38. The number of halogens is 3. The van der Waals surface area contributed by atoms with Crippen LogP contribution in [0, 0.1) is 17.5 Å². The molecule has 1 atom stereocenters. The average Bonchev–Trinajstić information content (AvgIpc) is 3.18. The number of hydrogen-bond acceptors (Lipinski definition) is 4. The zero-order chi connectivity index (χ0) is 19.9. The van der Waals surface area contributed by atoms with Gasteiger partial charge in [-0.1, -0.05) is 25.9 Å². The van der Waals surface area contributed by atoms with E-state index in [-0.39, 0.29) is 29.8 Å². The quantitative estimate of drug-likeness (QED) is 0.826. The van der Waals surface area contributed by atoms with Gasteiger partial charge < -0.3 is 4.52 Å². The Kier molecular flexibility index (Phi) is 4.71. The van der Waals surface area contributed by atoms with Gasteiger partial charge in [0.1, 0.15) is 6.04 Å². The van der Waals surface area contributed by atoms with E-state index in [1.807, 2.05) is 20.8 Å². The number of rotatable bonds is 3. The summed E-state index contributed by atoms with van der Waals surface area (Å²) in [7, 11) is 0. The zero-order valence-electron chi connectivity index (χ0n) is 15.0. The van der Waals surface area contributed by atoms with Crippen molar-refractivity contribution in [3.8, 4) is 0 Å². The van der Waals surface area contributed by atoms with Crippen molar-refractivity contribution in [2.24, 2.45) is 0 Å². The van der Waals surface area contributed by atoms with Gasteiger partial charge in [-0.2, -0.15) is 0 Å². The fourth-order valence-electron chi connectivity index (χ4n) is 2.83. The second-order valence-corrected chi connectivity index (χ2v) is 7.36. The highest BCUT2D eigenvalue weighted by molar-refractivity contribution is 6.07. The lowest BCUT2D eigenvalue weighted by Crippen LogP contribution is -2.41. The van der Waals surface area contributed by atoms with Crippen LogP contribution in [-0.4, -0.2) is 23.0 Å². The smallest absolute Gasteiger partial charge is 0.249 e. The summed E-state index contributed by atoms with van der Waals surface area (Å²) in [6.07, 6.45) is 0.161. The summed E-state index contributed by atoms with van der Waals surface area (Å²) >= 11 is 0. The normalized spacial score (nSPS) is 17.5. The molecule has 1 aromatic heterocycles. The van der Waals surface area contributed by atoms with Crippen molar-refractivity contribution in [3.05, 3.63) is 41.3 Å². The van der Waals surface area contributed by atoms with Crippen LogP contribution in [0.2, 0.25) is 0 Å². The molecule has 3 rings (SSSR count). The van der Waals surface area contributed by atoms with Gasteiger partial charge in [-0.05, 0) is 6.42 Å². The zero-order valence-corrected chi connectivity index (χ0v) is 15.0. The molecule has 27 heavy (non-hydrogen) atoms. The number of nitrogens with zero attached hydrogens (tertiary/aromatic N) is 2. The average molecular weight is 381 g/mol. The van der Waals surface area contributed by atoms with E-state index in [4.69, 9.17) is 4.52 Å². The Morgan fingerprint density at radius 1 is 1.22 bits per heavy atom. The van der Waals surface area contributed by atoms with Crippen LogP contribution in [0.15, 0.2) is 22.7 Å². The van der Waals surface area contributed by atoms with Crippen LogP contribution in [0.4, 0.5) is 24.7 Å². The fourth-order valence-corrected chi connectivity index (χ4v) is 2.83. The minimum atomic E-state index is -1.64. The molecule has 0 aliphatic carbocycles. The van der Waals surface area contributed by atoms with Gasteiger partial charge in [-0.15, -0.1) is 0 Å². The number of carbonyl (C=O) groups is 2. The summed E-state index contributed by atoms with van der Waals surface area (Å²) in [4.78, 5) is 25.7. The topological polar surface area (TPSA) is 75.4 Å². The van der Waals surface area contributed by atoms with Crippen LogP contribution in [-0.2, 0) is 15.0 Å². The SMILES string of the molecule is CC(C)(C)c1cc(NC(=O)C2CCC(=O)N2c2cc(F)c(F)c(F)c2)on1. The maximum Gasteiger partial charge on any atom is 0.249 e. The van der Waals surface area contributed by atoms with Crippen molar-refractivity contribution < 1.29 is 27.3 Å². The first-order valence-corrected chi connectivity index (χ1v) is 8.32. The van der Waals surface area contributed by atoms with E-state index in [2.05, 4.69) is 10.5 Å². The van der Waals surface area contributed by atoms with Gasteiger partial charge >= 0.3 is 0 Å². The van der Waals surface area contributed by atoms with Gasteiger partial charge in [-0.3, -0.25) is 19.8 Å². The van der Waals surface area contributed by atoms with Crippen molar-refractivity contribution in [1.82, 2.24) is 5.16 Å². The Bertz CT molecular complexity index is 882. The number of amides is 2. The number of hydrogen-bond donors (Lipinski definition) is 1. The fraction of sp³-hybridized carbons (Fsp3) is 0.389. The first-order chi connectivity index (χ1) is 12.6. The summed E-state index contributed by atoms with van der Waals surface area (Å²) in [6.45, 7) is 5.77. The van der Waals surface area contributed by atoms with Crippen LogP contribution >= 0.6 is 0 Å². The third kappa shape index (κ3) is 3.67. The molecular formula is C18H18F3N3O3. The van der Waals surface area contributed by atoms with E-state index in [1.54, 1.807) is 6.07 Å². The number of anilines is 2. The standard InChI is InChI=1S/C18H18F3N3O3/c1-18(2,3)13-8-14(27-23-13)22-17(26)12-4-5-15(25)24(12)9-6-10(19)16(21)11(20)7-9/h6-8,12H,4-5H2,1-3H3,(H,22,26). The number of carbonyl (C=O) groups excluding carboxylic acids is 2. The monoisotopic (exact) mass is 381 g/mol. The van der Waals surface area contributed by atoms with E-state index < -0.39 is 35.3 Å². The second kappa shape index (κ2) is 6.71. The lowest BCUT2D eigenvalue weighted by molar-refractivity contribution is -0.120. The molecule has 0 radical (unpaired) electrons. The number of nitrogens with one attached hydrogen (secondary N) is 1. The summed E-state index contributed by atoms with van der Waals surface area (Å²) in [5.41, 5.74) is 0.118. The van der Waals surface area contributed by atoms with Crippen LogP contribution < -0.4 is 10.2 Å². The van der Waals surface area contributed by atoms with E-state index in [0.717, 1.165) is 4.90 Å². The number of benzene rings is 1. The van der Waals surface area contributed by atoms with E-state index in [1.165, 1.54) is 0 Å². The van der Waals surface area contributed by atoms with Gasteiger partial charge in [-0.25, -0.2) is 13.2 Å². The largest absolute Gasteiger partial charge is 0.338 e. The van der Waals surface area contributed by atoms with Gasteiger partial charge in [0, 0.05) is 30.0 Å². The van der Waals surface area contributed by atoms with E-state index in [0.29, 0.717) is 17.8 Å². The molecule has 1 fully saturated rings. The second-order valence-electron chi connectivity index (χ2n) is 7.36. The molecule has 144 valence electrons. The van der Waals surface area contributed by atoms with E-state index in [9.17, 15) is 22.8 Å². The molecular weight excluding hydrogens is 363 g/mol. The Labute approximate surface area is 153 Å². The molecule has 0 bridgehead atoms. The Morgan fingerprint density at radius 3 is 2.41 bits per heavy atom. The minimum Gasteiger partial charge on any atom is -0.338 e. The molecule has 2 aromatic rings. The first kappa shape index (κ1) is 18.9. The molecule has 2 heterocycles. The van der Waals surface area contributed by atoms with Crippen molar-refractivity contribution in [2.75, 3.05) is 10.2 Å². The Balaban J connectivity index is 1.83. The molecule has 2 amide bonds. The maximum absolute atomic E-state index is 13.5. The predicted octanol–water partition coefficient (Wildman–Crippen LogP) is 3.52. The van der Waals surface area contributed by atoms with Gasteiger partial charge in [0.2, 0.25) is 17.7 Å². The Hall–Kier alpha value is -2.84. The lowest BCUT2D eigenvalue weighted by Gasteiger charge is -2.24. The highest BCUT2D eigenvalue weighted by Crippen LogP contribution is 2.30. The van der Waals surface area contributed by atoms with Crippen molar-refractivity contribution in [3.63, 3.8) is 0 Å². The first-order valence-electron chi connectivity index (χ1n) is 8.32. The molecule has 1 saturated heterocycles. The molecule has 1 aromatic carbocycles. The van der Waals surface area contributed by atoms with Gasteiger partial charge in [0.15, 0.2) is 17.5 Å². The summed E-state index contributed by atoms with van der Waals surface area (Å²) in [5, 5.41) is 6.39. The minimum absolute atomic E-state index is 0.0162. The van der Waals surface area contributed by atoms with Crippen LogP contribution in [0.1, 0.15) is 39.3 Å². The van der Waals surface area contributed by atoms with Gasteiger partial charge in [0.25, 0.3) is 0 Å². The summed E-state index contributed by atoms with van der Waals surface area (Å²) < 4.78 is 45.3. The third-order valence-electron chi connectivity index (χ3n) is 4.29. The molecule has 0 spiro atoms. The van der Waals surface area contributed by atoms with Crippen LogP contribution in [0.3, 0.4) is 0 Å². The van der Waals surface area contributed by atoms with Crippen LogP contribution in [0.25, 0.3) is 0 Å². The molecule has 1 unspecified atom stereocenters. The van der Waals surface area contributed by atoms with Gasteiger partial charge in [0.05, 0.1) is 11.4 Å². The van der Waals surface area contributed by atoms with Crippen molar-refractivity contribution >= 4 is 23.4 Å². The molecule has 1 N–H and O–H groups in total. The van der Waals surface area contributed by atoms with Crippen molar-refractivity contribution in [1.29, 1.82) is 0 Å². The molecule has 0 saturated carbocycles. The highest BCUT2D eigenvalue weighted by atomic mass is 19.2. The Morgan fingerprint density at radius 2 is 1.85 bits per heavy atom. The maximum atomic E-state index is 13.5. The van der Waals surface area contributed by atoms with Crippen LogP contribution in [0.5, 0.6) is 0 Å². The third-order valence-corrected chi connectivity index (χ3v) is 4.29. The molecule has 1 aliphatic heterocycles. The molecule has 9 heteroatoms. The number of aromatic nitrogens is 1. The summed E-state index contributed by atoms with van der Waals surface area (Å²) in [6, 6.07) is 1.93. The lowest BCUT2D eigenvalue weighted by atomic mass is 9.92. The predicted molar refractivity (Wildman–Crippen MR) is 90.7 cm³/mol. The summed E-state index contributed by atoms with van der Waals surface area (Å²) in [5.74, 6) is -5.50. The van der Waals surface area contributed by atoms with E-state index >= 15 is 0 Å².